The molecule has 8 heteroatoms. The van der Waals surface area contributed by atoms with E-state index in [2.05, 4.69) is 16.8 Å². The van der Waals surface area contributed by atoms with E-state index < -0.39 is 0 Å². The molecule has 3 heterocycles. The van der Waals surface area contributed by atoms with Crippen LogP contribution in [-0.4, -0.2) is 20.7 Å². The molecule has 0 spiro atoms. The Balaban J connectivity index is 1.50. The molecule has 4 aromatic rings. The first-order chi connectivity index (χ1) is 16.1. The van der Waals surface area contributed by atoms with E-state index in [-0.39, 0.29) is 12.4 Å². The molecule has 0 saturated carbocycles. The lowest BCUT2D eigenvalue weighted by atomic mass is 10.2. The quantitative estimate of drug-likeness (QED) is 0.356. The molecule has 0 fully saturated rings. The number of anilines is 1. The third-order valence-electron chi connectivity index (χ3n) is 5.75. The molecule has 33 heavy (non-hydrogen) atoms. The molecule has 0 bridgehead atoms. The Hall–Kier alpha value is -3.45. The number of halogens is 1. The minimum Gasteiger partial charge on any atom is -0.454 e. The van der Waals surface area contributed by atoms with Gasteiger partial charge in [-0.05, 0) is 36.2 Å². The van der Waals surface area contributed by atoms with Crippen LogP contribution in [0.25, 0.3) is 17.0 Å². The summed E-state index contributed by atoms with van der Waals surface area (Å²) >= 11 is 6.03. The highest BCUT2D eigenvalue weighted by Crippen LogP contribution is 2.32. The SMILES string of the molecule is CCCCCn1c(NCc2ccc3c(c2)OCO3)cc(=O)n2cc(-c3ccc(Cl)cc3)nc12. The Morgan fingerprint density at radius 1 is 1.06 bits per heavy atom. The second-order valence-electron chi connectivity index (χ2n) is 8.07. The average molecular weight is 465 g/mol. The lowest BCUT2D eigenvalue weighted by Gasteiger charge is -2.16. The largest absolute Gasteiger partial charge is 0.454 e. The van der Waals surface area contributed by atoms with Gasteiger partial charge in [0.05, 0.1) is 5.69 Å². The number of fused-ring (bicyclic) bond motifs is 2. The smallest absolute Gasteiger partial charge is 0.261 e. The summed E-state index contributed by atoms with van der Waals surface area (Å²) < 4.78 is 14.6. The molecule has 0 saturated heterocycles. The van der Waals surface area contributed by atoms with E-state index in [4.69, 9.17) is 26.1 Å². The molecule has 170 valence electrons. The summed E-state index contributed by atoms with van der Waals surface area (Å²) in [4.78, 5) is 17.8. The van der Waals surface area contributed by atoms with Crippen LogP contribution in [0.3, 0.4) is 0 Å². The van der Waals surface area contributed by atoms with Gasteiger partial charge in [0.1, 0.15) is 5.82 Å². The van der Waals surface area contributed by atoms with Crippen molar-refractivity contribution in [3.8, 4) is 22.8 Å². The number of ether oxygens (including phenoxy) is 2. The lowest BCUT2D eigenvalue weighted by molar-refractivity contribution is 0.174. The van der Waals surface area contributed by atoms with E-state index in [9.17, 15) is 4.79 Å². The van der Waals surface area contributed by atoms with Crippen molar-refractivity contribution in [2.75, 3.05) is 12.1 Å². The zero-order valence-corrected chi connectivity index (χ0v) is 19.1. The van der Waals surface area contributed by atoms with Gasteiger partial charge in [0.15, 0.2) is 11.5 Å². The van der Waals surface area contributed by atoms with E-state index in [1.165, 1.54) is 0 Å². The van der Waals surface area contributed by atoms with Crippen LogP contribution in [0.4, 0.5) is 5.82 Å². The Morgan fingerprint density at radius 2 is 1.88 bits per heavy atom. The summed E-state index contributed by atoms with van der Waals surface area (Å²) in [6.07, 6.45) is 5.00. The second kappa shape index (κ2) is 9.19. The van der Waals surface area contributed by atoms with Gasteiger partial charge in [0.25, 0.3) is 5.56 Å². The molecule has 0 unspecified atom stereocenters. The highest BCUT2D eigenvalue weighted by atomic mass is 35.5. The van der Waals surface area contributed by atoms with Gasteiger partial charge in [-0.3, -0.25) is 13.8 Å². The Bertz CT molecular complexity index is 1340. The van der Waals surface area contributed by atoms with Gasteiger partial charge < -0.3 is 14.8 Å². The van der Waals surface area contributed by atoms with Crippen molar-refractivity contribution in [2.24, 2.45) is 0 Å². The summed E-state index contributed by atoms with van der Waals surface area (Å²) in [5, 5.41) is 4.10. The van der Waals surface area contributed by atoms with E-state index in [1.807, 2.05) is 42.5 Å². The van der Waals surface area contributed by atoms with Crippen LogP contribution in [-0.2, 0) is 13.1 Å². The molecule has 1 aliphatic heterocycles. The first-order valence-corrected chi connectivity index (χ1v) is 11.5. The average Bonchev–Trinajstić information content (AvgIpc) is 3.47. The third kappa shape index (κ3) is 4.41. The monoisotopic (exact) mass is 464 g/mol. The zero-order valence-electron chi connectivity index (χ0n) is 18.4. The van der Waals surface area contributed by atoms with Gasteiger partial charge in [0, 0.05) is 35.9 Å². The van der Waals surface area contributed by atoms with Crippen molar-refractivity contribution in [1.29, 1.82) is 0 Å². The normalized spacial score (nSPS) is 12.4. The number of rotatable bonds is 8. The predicted molar refractivity (Wildman–Crippen MR) is 129 cm³/mol. The highest BCUT2D eigenvalue weighted by Gasteiger charge is 2.16. The molecule has 7 nitrogen and oxygen atoms in total. The standard InChI is InChI=1S/C25H25ClN4O3/c1-2-3-4-11-29-23(27-14-17-5-10-21-22(12-17)33-16-32-21)13-24(31)30-15-20(28-25(29)30)18-6-8-19(26)9-7-18/h5-10,12-13,15,27H,2-4,11,14,16H2,1H3. The van der Waals surface area contributed by atoms with Crippen molar-refractivity contribution in [3.63, 3.8) is 0 Å². The Morgan fingerprint density at radius 3 is 2.70 bits per heavy atom. The number of aryl methyl sites for hydroxylation is 1. The summed E-state index contributed by atoms with van der Waals surface area (Å²) in [6, 6.07) is 15.0. The number of benzene rings is 2. The number of aromatic nitrogens is 3. The number of nitrogens with one attached hydrogen (secondary N) is 1. The molecule has 1 aliphatic rings. The van der Waals surface area contributed by atoms with Crippen molar-refractivity contribution in [1.82, 2.24) is 14.0 Å². The summed E-state index contributed by atoms with van der Waals surface area (Å²) in [6.45, 7) is 3.73. The summed E-state index contributed by atoms with van der Waals surface area (Å²) in [5.74, 6) is 2.86. The maximum absolute atomic E-state index is 13.0. The second-order valence-corrected chi connectivity index (χ2v) is 8.51. The molecule has 1 N–H and O–H groups in total. The van der Waals surface area contributed by atoms with Crippen LogP contribution >= 0.6 is 11.6 Å². The number of imidazole rings is 1. The van der Waals surface area contributed by atoms with Crippen molar-refractivity contribution in [3.05, 3.63) is 75.7 Å². The fraction of sp³-hybridized carbons (Fsp3) is 0.280. The molecular weight excluding hydrogens is 440 g/mol. The molecular formula is C25H25ClN4O3. The van der Waals surface area contributed by atoms with Crippen LogP contribution in [0.1, 0.15) is 31.7 Å². The molecule has 0 aliphatic carbocycles. The maximum Gasteiger partial charge on any atom is 0.261 e. The van der Waals surface area contributed by atoms with Gasteiger partial charge in [-0.25, -0.2) is 4.98 Å². The number of hydrogen-bond donors (Lipinski definition) is 1. The molecule has 2 aromatic heterocycles. The Labute approximate surface area is 196 Å². The van der Waals surface area contributed by atoms with Crippen LogP contribution in [0.15, 0.2) is 59.5 Å². The molecule has 5 rings (SSSR count). The topological polar surface area (TPSA) is 69.8 Å². The fourth-order valence-corrected chi connectivity index (χ4v) is 4.11. The van der Waals surface area contributed by atoms with Crippen molar-refractivity contribution in [2.45, 2.75) is 39.3 Å². The van der Waals surface area contributed by atoms with Gasteiger partial charge in [-0.2, -0.15) is 0 Å². The van der Waals surface area contributed by atoms with Gasteiger partial charge in [-0.15, -0.1) is 0 Å². The van der Waals surface area contributed by atoms with Gasteiger partial charge in [-0.1, -0.05) is 49.6 Å². The van der Waals surface area contributed by atoms with Crippen LogP contribution < -0.4 is 20.3 Å². The van der Waals surface area contributed by atoms with Crippen molar-refractivity contribution < 1.29 is 9.47 Å². The highest BCUT2D eigenvalue weighted by molar-refractivity contribution is 6.30. The fourth-order valence-electron chi connectivity index (χ4n) is 3.99. The molecule has 0 amide bonds. The third-order valence-corrected chi connectivity index (χ3v) is 6.00. The molecule has 2 aromatic carbocycles. The number of unbranched alkanes of at least 4 members (excludes halogenated alkanes) is 2. The van der Waals surface area contributed by atoms with Gasteiger partial charge >= 0.3 is 0 Å². The minimum atomic E-state index is -0.127. The van der Waals surface area contributed by atoms with Crippen LogP contribution in [0.2, 0.25) is 5.02 Å². The zero-order chi connectivity index (χ0) is 22.8. The Kier molecular flexibility index (Phi) is 5.96. The van der Waals surface area contributed by atoms with E-state index in [1.54, 1.807) is 16.7 Å². The minimum absolute atomic E-state index is 0.127. The van der Waals surface area contributed by atoms with E-state index in [0.29, 0.717) is 17.3 Å². The van der Waals surface area contributed by atoms with E-state index in [0.717, 1.165) is 59.9 Å². The summed E-state index contributed by atoms with van der Waals surface area (Å²) in [5.41, 5.74) is 2.56. The molecule has 0 atom stereocenters. The summed E-state index contributed by atoms with van der Waals surface area (Å²) in [7, 11) is 0. The number of nitrogens with zero attached hydrogens (tertiary/aromatic N) is 3. The maximum atomic E-state index is 13.0. The van der Waals surface area contributed by atoms with Gasteiger partial charge in [0.2, 0.25) is 12.6 Å². The van der Waals surface area contributed by atoms with E-state index >= 15 is 0 Å². The first-order valence-electron chi connectivity index (χ1n) is 11.1. The lowest BCUT2D eigenvalue weighted by Crippen LogP contribution is -2.20. The van der Waals surface area contributed by atoms with Crippen LogP contribution in [0.5, 0.6) is 11.5 Å². The number of hydrogen-bond acceptors (Lipinski definition) is 5. The molecule has 0 radical (unpaired) electrons. The van der Waals surface area contributed by atoms with Crippen molar-refractivity contribution >= 4 is 23.2 Å². The van der Waals surface area contributed by atoms with Crippen LogP contribution in [0, 0.1) is 0 Å². The predicted octanol–water partition coefficient (Wildman–Crippen LogP) is 5.35. The first kappa shape index (κ1) is 21.4.